The van der Waals surface area contributed by atoms with E-state index in [2.05, 4.69) is 20.7 Å². The maximum absolute atomic E-state index is 13.9. The van der Waals surface area contributed by atoms with Crippen LogP contribution in [0.15, 0.2) is 29.9 Å². The van der Waals surface area contributed by atoms with Crippen LogP contribution >= 0.6 is 0 Å². The molecule has 1 aromatic carbocycles. The van der Waals surface area contributed by atoms with Crippen LogP contribution in [-0.2, 0) is 18.0 Å². The molecule has 17 heteroatoms. The largest absolute Gasteiger partial charge is 0.481 e. The lowest BCUT2D eigenvalue weighted by molar-refractivity contribution is -0.165. The van der Waals surface area contributed by atoms with E-state index in [1.807, 2.05) is 18.7 Å². The van der Waals surface area contributed by atoms with Crippen molar-refractivity contribution in [1.29, 1.82) is 0 Å². The summed E-state index contributed by atoms with van der Waals surface area (Å²) in [4.78, 5) is 14.5. The van der Waals surface area contributed by atoms with Gasteiger partial charge in [-0.25, -0.2) is 0 Å². The number of fused-ring (bicyclic) bond motifs is 1. The van der Waals surface area contributed by atoms with E-state index in [0.29, 0.717) is 43.6 Å². The Morgan fingerprint density at radius 3 is 2.20 bits per heavy atom. The van der Waals surface area contributed by atoms with E-state index in [1.165, 1.54) is 25.6 Å². The maximum atomic E-state index is 13.9. The molecule has 2 N–H and O–H groups in total. The van der Waals surface area contributed by atoms with E-state index >= 15 is 0 Å². The first-order valence-electron chi connectivity index (χ1n) is 15.5. The number of rotatable bonds is 10. The Labute approximate surface area is 279 Å². The molecule has 0 saturated carbocycles. The van der Waals surface area contributed by atoms with Crippen LogP contribution in [0.1, 0.15) is 88.1 Å². The molecule has 0 saturated heterocycles. The average molecular weight is 715 g/mol. The van der Waals surface area contributed by atoms with Crippen molar-refractivity contribution in [2.24, 2.45) is 18.4 Å². The van der Waals surface area contributed by atoms with Crippen LogP contribution in [0.4, 0.5) is 51.1 Å². The Bertz CT molecular complexity index is 1480. The van der Waals surface area contributed by atoms with Crippen molar-refractivity contribution in [1.82, 2.24) is 20.2 Å². The first kappa shape index (κ1) is 41.4. The number of carboxylic acids is 1. The second-order valence-electron chi connectivity index (χ2n) is 12.7. The fourth-order valence-corrected chi connectivity index (χ4v) is 5.85. The predicted molar refractivity (Wildman–Crippen MR) is 167 cm³/mol. The first-order valence-corrected chi connectivity index (χ1v) is 15.5. The second-order valence-corrected chi connectivity index (χ2v) is 12.7. The van der Waals surface area contributed by atoms with Gasteiger partial charge in [0, 0.05) is 24.4 Å². The summed E-state index contributed by atoms with van der Waals surface area (Å²) in [5.74, 6) is -2.66. The van der Waals surface area contributed by atoms with Crippen LogP contribution in [0.3, 0.4) is 0 Å². The predicted octanol–water partition coefficient (Wildman–Crippen LogP) is 9.13. The molecule has 2 aromatic rings. The zero-order valence-electron chi connectivity index (χ0n) is 28.4. The molecule has 1 aliphatic rings. The Balaban J connectivity index is 0.000000440. The summed E-state index contributed by atoms with van der Waals surface area (Å²) < 4.78 is 116. The van der Waals surface area contributed by atoms with Gasteiger partial charge in [-0.05, 0) is 80.7 Å². The third kappa shape index (κ3) is 11.9. The SMILES string of the molecule is C/C=C/C(C/C(=C\C)C(F)(F)F)C(F)(F)F.Cc1cc2c(c(C)c1C(F)(F)F)N(CCC(C)(C)CC(=O)O)CCCC2Nc1nnn(C)n1. The topological polar surface area (TPSA) is 96.2 Å². The molecule has 0 fully saturated rings. The van der Waals surface area contributed by atoms with Crippen molar-refractivity contribution < 1.29 is 49.4 Å². The van der Waals surface area contributed by atoms with Gasteiger partial charge in [0.05, 0.1) is 31.0 Å². The normalized spacial score (nSPS) is 16.9. The van der Waals surface area contributed by atoms with Gasteiger partial charge in [-0.3, -0.25) is 4.79 Å². The number of carboxylic acid groups (broad SMARTS) is 1. The smallest absolute Gasteiger partial charge is 0.416 e. The zero-order valence-corrected chi connectivity index (χ0v) is 28.4. The van der Waals surface area contributed by atoms with E-state index in [1.54, 1.807) is 13.1 Å². The molecule has 2 atom stereocenters. The molecule has 1 aliphatic heterocycles. The lowest BCUT2D eigenvalue weighted by Gasteiger charge is -2.33. The minimum absolute atomic E-state index is 0.00307. The number of aryl methyl sites for hydroxylation is 2. The van der Waals surface area contributed by atoms with E-state index in [9.17, 15) is 49.4 Å². The van der Waals surface area contributed by atoms with Gasteiger partial charge in [-0.15, -0.1) is 5.10 Å². The number of aliphatic carboxylic acids is 1. The van der Waals surface area contributed by atoms with E-state index in [4.69, 9.17) is 0 Å². The molecule has 3 rings (SSSR count). The number of aromatic nitrogens is 4. The van der Waals surface area contributed by atoms with Crippen LogP contribution < -0.4 is 10.2 Å². The third-order valence-corrected chi connectivity index (χ3v) is 8.16. The number of carbonyl (C=O) groups is 1. The molecular formula is C32H43F9N6O2. The monoisotopic (exact) mass is 714 g/mol. The quantitative estimate of drug-likeness (QED) is 0.187. The number of anilines is 2. The van der Waals surface area contributed by atoms with E-state index < -0.39 is 53.4 Å². The third-order valence-electron chi connectivity index (χ3n) is 8.16. The number of hydrogen-bond donors (Lipinski definition) is 2. The molecule has 0 radical (unpaired) electrons. The van der Waals surface area contributed by atoms with Crippen LogP contribution in [-0.4, -0.2) is 56.7 Å². The first-order chi connectivity index (χ1) is 22.4. The standard InChI is InChI=1S/C22H31F3N6O2.C10H12F6/c1-13-11-15-16(26-20-27-29-30(5)28-20)7-6-9-31(10-8-21(3,4)12-17(32)33)19(15)14(2)18(13)22(23,24)25;1-3-5-8(10(14,15)16)6-7(4-2)9(11,12)13/h11,16H,6-10,12H2,1-5H3,(H,26,28)(H,32,33);3-5,8H,6H2,1-2H3/b;5-3+,7-4+. The summed E-state index contributed by atoms with van der Waals surface area (Å²) in [6.45, 7) is 10.2. The summed E-state index contributed by atoms with van der Waals surface area (Å²) >= 11 is 0. The van der Waals surface area contributed by atoms with Crippen molar-refractivity contribution >= 4 is 17.6 Å². The van der Waals surface area contributed by atoms with Gasteiger partial charge < -0.3 is 15.3 Å². The van der Waals surface area contributed by atoms with Crippen molar-refractivity contribution in [3.63, 3.8) is 0 Å². The molecule has 0 amide bonds. The number of alkyl halides is 9. The highest BCUT2D eigenvalue weighted by molar-refractivity contribution is 5.68. The summed E-state index contributed by atoms with van der Waals surface area (Å²) in [6, 6.07) is 1.33. The highest BCUT2D eigenvalue weighted by atomic mass is 19.4. The van der Waals surface area contributed by atoms with Gasteiger partial charge in [0.25, 0.3) is 5.95 Å². The number of halogens is 9. The van der Waals surface area contributed by atoms with Gasteiger partial charge in [0.15, 0.2) is 0 Å². The Morgan fingerprint density at radius 1 is 1.10 bits per heavy atom. The van der Waals surface area contributed by atoms with Crippen LogP contribution in [0, 0.1) is 25.2 Å². The lowest BCUT2D eigenvalue weighted by Crippen LogP contribution is -2.31. The summed E-state index contributed by atoms with van der Waals surface area (Å²) in [5, 5.41) is 24.4. The van der Waals surface area contributed by atoms with Gasteiger partial charge in [0.2, 0.25) is 0 Å². The Hall–Kier alpha value is -3.79. The number of tetrazole rings is 1. The highest BCUT2D eigenvalue weighted by Crippen LogP contribution is 2.45. The number of hydrogen-bond acceptors (Lipinski definition) is 6. The molecule has 49 heavy (non-hydrogen) atoms. The molecule has 2 unspecified atom stereocenters. The van der Waals surface area contributed by atoms with Crippen molar-refractivity contribution in [2.45, 2.75) is 98.2 Å². The van der Waals surface area contributed by atoms with Crippen LogP contribution in [0.5, 0.6) is 0 Å². The number of allylic oxidation sites excluding steroid dienone is 4. The molecule has 8 nitrogen and oxygen atoms in total. The number of nitrogens with one attached hydrogen (secondary N) is 1. The summed E-state index contributed by atoms with van der Waals surface area (Å²) in [5.41, 5.74) is -0.579. The summed E-state index contributed by atoms with van der Waals surface area (Å²) in [7, 11) is 1.64. The minimum Gasteiger partial charge on any atom is -0.481 e. The van der Waals surface area contributed by atoms with Gasteiger partial charge in [-0.2, -0.15) is 44.3 Å². The molecule has 276 valence electrons. The Kier molecular flexibility index (Phi) is 13.7. The van der Waals surface area contributed by atoms with Gasteiger partial charge in [-0.1, -0.05) is 43.2 Å². The minimum atomic E-state index is -4.71. The molecule has 1 aromatic heterocycles. The molecule has 2 heterocycles. The zero-order chi connectivity index (χ0) is 37.5. The Morgan fingerprint density at radius 2 is 1.73 bits per heavy atom. The number of benzene rings is 1. The number of nitrogens with zero attached hydrogens (tertiary/aromatic N) is 5. The average Bonchev–Trinajstić information content (AvgIpc) is 3.25. The van der Waals surface area contributed by atoms with E-state index in [-0.39, 0.29) is 23.6 Å². The fraction of sp³-hybridized carbons (Fsp3) is 0.625. The van der Waals surface area contributed by atoms with Crippen molar-refractivity contribution in [2.75, 3.05) is 23.3 Å². The van der Waals surface area contributed by atoms with E-state index in [0.717, 1.165) is 31.1 Å². The summed E-state index contributed by atoms with van der Waals surface area (Å²) in [6.07, 6.45) is -10.5. The molecule has 0 spiro atoms. The lowest BCUT2D eigenvalue weighted by atomic mass is 9.85. The fourth-order valence-electron chi connectivity index (χ4n) is 5.85. The van der Waals surface area contributed by atoms with Crippen molar-refractivity contribution in [3.8, 4) is 0 Å². The molecule has 0 aliphatic carbocycles. The molecular weight excluding hydrogens is 671 g/mol. The van der Waals surface area contributed by atoms with Gasteiger partial charge in [0.1, 0.15) is 0 Å². The van der Waals surface area contributed by atoms with Gasteiger partial charge >= 0.3 is 24.5 Å². The van der Waals surface area contributed by atoms with Crippen LogP contribution in [0.2, 0.25) is 0 Å². The molecule has 0 bridgehead atoms. The second kappa shape index (κ2) is 16.3. The highest BCUT2D eigenvalue weighted by Gasteiger charge is 2.43. The van der Waals surface area contributed by atoms with Crippen LogP contribution in [0.25, 0.3) is 0 Å². The van der Waals surface area contributed by atoms with Crippen molar-refractivity contribution in [3.05, 3.63) is 52.1 Å². The maximum Gasteiger partial charge on any atom is 0.416 e.